The SMILES string of the molecule is NC(=O)COc1ccc(S(=O)(=O)NCc2ccccn2)cc1. The molecule has 2 aromatic rings. The van der Waals surface area contributed by atoms with Crippen LogP contribution in [-0.4, -0.2) is 25.9 Å². The van der Waals surface area contributed by atoms with Crippen molar-refractivity contribution in [3.8, 4) is 5.75 Å². The predicted molar refractivity (Wildman–Crippen MR) is 79.4 cm³/mol. The number of carbonyl (C=O) groups excluding carboxylic acids is 1. The van der Waals surface area contributed by atoms with Gasteiger partial charge in [-0.25, -0.2) is 13.1 Å². The highest BCUT2D eigenvalue weighted by Gasteiger charge is 2.14. The third kappa shape index (κ3) is 4.54. The topological polar surface area (TPSA) is 111 Å². The van der Waals surface area contributed by atoms with E-state index >= 15 is 0 Å². The number of benzene rings is 1. The summed E-state index contributed by atoms with van der Waals surface area (Å²) in [5.74, 6) is -0.240. The van der Waals surface area contributed by atoms with Crippen LogP contribution < -0.4 is 15.2 Å². The highest BCUT2D eigenvalue weighted by Crippen LogP contribution is 2.16. The number of sulfonamides is 1. The molecule has 0 radical (unpaired) electrons. The van der Waals surface area contributed by atoms with Crippen LogP contribution >= 0.6 is 0 Å². The van der Waals surface area contributed by atoms with Gasteiger partial charge in [0.2, 0.25) is 10.0 Å². The van der Waals surface area contributed by atoms with Crippen molar-refractivity contribution in [3.63, 3.8) is 0 Å². The van der Waals surface area contributed by atoms with Crippen LogP contribution in [0.2, 0.25) is 0 Å². The molecule has 1 heterocycles. The molecule has 0 fully saturated rings. The first-order chi connectivity index (χ1) is 10.5. The summed E-state index contributed by atoms with van der Waals surface area (Å²) in [4.78, 5) is 14.7. The van der Waals surface area contributed by atoms with Crippen LogP contribution in [0.15, 0.2) is 53.6 Å². The van der Waals surface area contributed by atoms with E-state index in [1.165, 1.54) is 24.3 Å². The second-order valence-electron chi connectivity index (χ2n) is 4.37. The lowest BCUT2D eigenvalue weighted by Crippen LogP contribution is -2.23. The van der Waals surface area contributed by atoms with Gasteiger partial charge in [0, 0.05) is 6.20 Å². The molecule has 1 amide bonds. The first kappa shape index (κ1) is 15.9. The minimum absolute atomic E-state index is 0.0925. The number of amides is 1. The minimum Gasteiger partial charge on any atom is -0.484 e. The molecule has 0 saturated carbocycles. The third-order valence-electron chi connectivity index (χ3n) is 2.68. The van der Waals surface area contributed by atoms with Crippen LogP contribution in [0.5, 0.6) is 5.75 Å². The highest BCUT2D eigenvalue weighted by atomic mass is 32.2. The molecule has 2 rings (SSSR count). The summed E-state index contributed by atoms with van der Waals surface area (Å²) in [6.45, 7) is -0.160. The maximum absolute atomic E-state index is 12.1. The lowest BCUT2D eigenvalue weighted by molar-refractivity contribution is -0.119. The van der Waals surface area contributed by atoms with E-state index in [1.54, 1.807) is 24.4 Å². The van der Waals surface area contributed by atoms with E-state index in [9.17, 15) is 13.2 Å². The fourth-order valence-electron chi connectivity index (χ4n) is 1.62. The normalized spacial score (nSPS) is 11.1. The zero-order valence-corrected chi connectivity index (χ0v) is 12.4. The average molecular weight is 321 g/mol. The number of hydrogen-bond acceptors (Lipinski definition) is 5. The molecule has 0 atom stereocenters. The second kappa shape index (κ2) is 7.01. The molecule has 22 heavy (non-hydrogen) atoms. The molecule has 0 saturated heterocycles. The Morgan fingerprint density at radius 1 is 1.18 bits per heavy atom. The molecule has 1 aromatic heterocycles. The fourth-order valence-corrected chi connectivity index (χ4v) is 2.62. The summed E-state index contributed by atoms with van der Waals surface area (Å²) in [6, 6.07) is 10.9. The first-order valence-electron chi connectivity index (χ1n) is 6.38. The van der Waals surface area contributed by atoms with Crippen LogP contribution in [0, 0.1) is 0 Å². The Morgan fingerprint density at radius 2 is 1.91 bits per heavy atom. The van der Waals surface area contributed by atoms with Gasteiger partial charge in [-0.3, -0.25) is 9.78 Å². The van der Waals surface area contributed by atoms with Gasteiger partial charge >= 0.3 is 0 Å². The number of hydrogen-bond donors (Lipinski definition) is 2. The van der Waals surface area contributed by atoms with Crippen molar-refractivity contribution < 1.29 is 17.9 Å². The molecule has 8 heteroatoms. The molecule has 116 valence electrons. The summed E-state index contributed by atoms with van der Waals surface area (Å²) < 4.78 is 31.8. The zero-order chi connectivity index (χ0) is 16.0. The van der Waals surface area contributed by atoms with Gasteiger partial charge < -0.3 is 10.5 Å². The Kier molecular flexibility index (Phi) is 5.08. The van der Waals surface area contributed by atoms with Crippen LogP contribution in [0.1, 0.15) is 5.69 Å². The minimum atomic E-state index is -3.64. The van der Waals surface area contributed by atoms with Crippen molar-refractivity contribution in [2.45, 2.75) is 11.4 Å². The van der Waals surface area contributed by atoms with Gasteiger partial charge in [0.15, 0.2) is 6.61 Å². The molecular formula is C14H15N3O4S. The van der Waals surface area contributed by atoms with Gasteiger partial charge in [-0.15, -0.1) is 0 Å². The molecule has 0 aliphatic carbocycles. The van der Waals surface area contributed by atoms with E-state index in [0.29, 0.717) is 11.4 Å². The highest BCUT2D eigenvalue weighted by molar-refractivity contribution is 7.89. The maximum Gasteiger partial charge on any atom is 0.255 e. The van der Waals surface area contributed by atoms with E-state index in [0.717, 1.165) is 0 Å². The quantitative estimate of drug-likeness (QED) is 0.768. The summed E-state index contributed by atoms with van der Waals surface area (Å²) in [7, 11) is -3.64. The molecule has 0 aliphatic rings. The van der Waals surface area contributed by atoms with Gasteiger partial charge in [0.1, 0.15) is 5.75 Å². The molecule has 3 N–H and O–H groups in total. The number of nitrogens with two attached hydrogens (primary N) is 1. The van der Waals surface area contributed by atoms with Crippen LogP contribution in [0.4, 0.5) is 0 Å². The van der Waals surface area contributed by atoms with E-state index < -0.39 is 15.9 Å². The Morgan fingerprint density at radius 3 is 2.50 bits per heavy atom. The van der Waals surface area contributed by atoms with E-state index in [2.05, 4.69) is 9.71 Å². The maximum atomic E-state index is 12.1. The number of pyridine rings is 1. The van der Waals surface area contributed by atoms with Crippen molar-refractivity contribution >= 4 is 15.9 Å². The first-order valence-corrected chi connectivity index (χ1v) is 7.86. The number of nitrogens with one attached hydrogen (secondary N) is 1. The van der Waals surface area contributed by atoms with Gasteiger partial charge in [0.25, 0.3) is 5.91 Å². The summed E-state index contributed by atoms with van der Waals surface area (Å²) in [6.07, 6.45) is 1.59. The number of ether oxygens (including phenoxy) is 1. The van der Waals surface area contributed by atoms with Gasteiger partial charge in [-0.1, -0.05) is 6.07 Å². The summed E-state index contributed by atoms with van der Waals surface area (Å²) in [5, 5.41) is 0. The Hall–Kier alpha value is -2.45. The number of aromatic nitrogens is 1. The van der Waals surface area contributed by atoms with Gasteiger partial charge in [-0.05, 0) is 36.4 Å². The van der Waals surface area contributed by atoms with Crippen molar-refractivity contribution in [1.29, 1.82) is 0 Å². The van der Waals surface area contributed by atoms with E-state index in [1.807, 2.05) is 0 Å². The van der Waals surface area contributed by atoms with E-state index in [4.69, 9.17) is 10.5 Å². The van der Waals surface area contributed by atoms with Crippen LogP contribution in [0.3, 0.4) is 0 Å². The number of primary amides is 1. The number of carbonyl (C=O) groups is 1. The monoisotopic (exact) mass is 321 g/mol. The molecule has 0 bridgehead atoms. The summed E-state index contributed by atoms with van der Waals surface area (Å²) in [5.41, 5.74) is 5.58. The van der Waals surface area contributed by atoms with Crippen LogP contribution in [0.25, 0.3) is 0 Å². The Labute approximate surface area is 128 Å². The van der Waals surface area contributed by atoms with Crippen molar-refractivity contribution in [3.05, 3.63) is 54.4 Å². The average Bonchev–Trinajstić information content (AvgIpc) is 2.52. The van der Waals surface area contributed by atoms with Crippen molar-refractivity contribution in [2.24, 2.45) is 5.73 Å². The molecular weight excluding hydrogens is 306 g/mol. The predicted octanol–water partition coefficient (Wildman–Crippen LogP) is 0.424. The molecule has 0 aliphatic heterocycles. The zero-order valence-electron chi connectivity index (χ0n) is 11.6. The summed E-state index contributed by atoms with van der Waals surface area (Å²) >= 11 is 0. The molecule has 7 nitrogen and oxygen atoms in total. The molecule has 0 unspecified atom stereocenters. The number of nitrogens with zero attached hydrogens (tertiary/aromatic N) is 1. The van der Waals surface area contributed by atoms with Gasteiger partial charge in [0.05, 0.1) is 17.1 Å². The standard InChI is InChI=1S/C14H15N3O4S/c15-14(18)10-21-12-4-6-13(7-5-12)22(19,20)17-9-11-3-1-2-8-16-11/h1-8,17H,9-10H2,(H2,15,18). The lowest BCUT2D eigenvalue weighted by Gasteiger charge is -2.08. The van der Waals surface area contributed by atoms with Crippen molar-refractivity contribution in [1.82, 2.24) is 9.71 Å². The lowest BCUT2D eigenvalue weighted by atomic mass is 10.3. The van der Waals surface area contributed by atoms with E-state index in [-0.39, 0.29) is 18.0 Å². The fraction of sp³-hybridized carbons (Fsp3) is 0.143. The molecule has 1 aromatic carbocycles. The van der Waals surface area contributed by atoms with Gasteiger partial charge in [-0.2, -0.15) is 0 Å². The largest absolute Gasteiger partial charge is 0.484 e. The van der Waals surface area contributed by atoms with Crippen molar-refractivity contribution in [2.75, 3.05) is 6.61 Å². The molecule has 0 spiro atoms. The second-order valence-corrected chi connectivity index (χ2v) is 6.14. The smallest absolute Gasteiger partial charge is 0.255 e. The third-order valence-corrected chi connectivity index (χ3v) is 4.10. The Balaban J connectivity index is 2.01. The number of rotatable bonds is 7. The van der Waals surface area contributed by atoms with Crippen LogP contribution in [-0.2, 0) is 21.4 Å². The Bertz CT molecular complexity index is 730.